The molecule has 2 aromatic carbocycles. The third-order valence-corrected chi connectivity index (χ3v) is 5.43. The maximum absolute atomic E-state index is 13.0. The van der Waals surface area contributed by atoms with E-state index in [4.69, 9.17) is 4.74 Å². The van der Waals surface area contributed by atoms with Crippen LogP contribution in [0.1, 0.15) is 33.2 Å². The number of halogens is 1. The van der Waals surface area contributed by atoms with Gasteiger partial charge in [-0.05, 0) is 59.6 Å². The molecule has 31 heavy (non-hydrogen) atoms. The summed E-state index contributed by atoms with van der Waals surface area (Å²) in [6, 6.07) is 16.6. The molecule has 7 nitrogen and oxygen atoms in total. The van der Waals surface area contributed by atoms with Gasteiger partial charge in [-0.1, -0.05) is 30.3 Å². The highest BCUT2D eigenvalue weighted by Crippen LogP contribution is 2.26. The number of hydrogen-bond acceptors (Lipinski definition) is 5. The predicted molar refractivity (Wildman–Crippen MR) is 122 cm³/mol. The normalized spacial score (nSPS) is 10.8. The van der Waals surface area contributed by atoms with Crippen molar-refractivity contribution in [1.29, 1.82) is 0 Å². The van der Waals surface area contributed by atoms with Crippen molar-refractivity contribution in [2.24, 2.45) is 0 Å². The largest absolute Gasteiger partial charge is 0.462 e. The maximum Gasteiger partial charge on any atom is 0.343 e. The molecule has 0 aliphatic rings. The van der Waals surface area contributed by atoms with E-state index in [-0.39, 0.29) is 18.0 Å². The number of esters is 1. The van der Waals surface area contributed by atoms with Gasteiger partial charge in [0.1, 0.15) is 5.56 Å². The van der Waals surface area contributed by atoms with Crippen molar-refractivity contribution in [3.63, 3.8) is 0 Å². The third kappa shape index (κ3) is 4.06. The average Bonchev–Trinajstić information content (AvgIpc) is 3.17. The van der Waals surface area contributed by atoms with Gasteiger partial charge in [-0.25, -0.2) is 9.78 Å². The first-order valence-corrected chi connectivity index (χ1v) is 10.5. The van der Waals surface area contributed by atoms with Gasteiger partial charge in [-0.15, -0.1) is 0 Å². The molecular formula is C23H19BrN4O3. The molecule has 4 rings (SSSR count). The number of rotatable bonds is 5. The zero-order valence-electron chi connectivity index (χ0n) is 16.9. The third-order valence-electron chi connectivity index (χ3n) is 4.74. The molecule has 0 bridgehead atoms. The van der Waals surface area contributed by atoms with Gasteiger partial charge in [0.2, 0.25) is 0 Å². The summed E-state index contributed by atoms with van der Waals surface area (Å²) in [5.41, 5.74) is 2.35. The lowest BCUT2D eigenvalue weighted by atomic mass is 10.1. The number of para-hydroxylation sites is 1. The summed E-state index contributed by atoms with van der Waals surface area (Å²) < 4.78 is 7.23. The van der Waals surface area contributed by atoms with E-state index in [2.05, 4.69) is 31.3 Å². The highest BCUT2D eigenvalue weighted by molar-refractivity contribution is 9.10. The van der Waals surface area contributed by atoms with Crippen LogP contribution in [0.2, 0.25) is 0 Å². The van der Waals surface area contributed by atoms with Gasteiger partial charge in [0, 0.05) is 9.86 Å². The van der Waals surface area contributed by atoms with Crippen LogP contribution < -0.4 is 5.32 Å². The second-order valence-corrected chi connectivity index (χ2v) is 7.64. The van der Waals surface area contributed by atoms with Crippen LogP contribution in [0.25, 0.3) is 16.7 Å². The highest BCUT2D eigenvalue weighted by atomic mass is 79.9. The van der Waals surface area contributed by atoms with E-state index in [9.17, 15) is 9.59 Å². The number of aryl methyl sites for hydroxylation is 1. The molecule has 0 aliphatic heterocycles. The Bertz CT molecular complexity index is 1300. The van der Waals surface area contributed by atoms with E-state index in [1.807, 2.05) is 43.3 Å². The number of nitrogens with zero attached hydrogens (tertiary/aromatic N) is 3. The number of anilines is 1. The number of amides is 1. The summed E-state index contributed by atoms with van der Waals surface area (Å²) in [5.74, 6) is -0.290. The Hall–Kier alpha value is -3.52. The molecule has 156 valence electrons. The summed E-state index contributed by atoms with van der Waals surface area (Å²) in [7, 11) is 0. The standard InChI is InChI=1S/C23H19BrN4O3/c1-3-31-23(30)17-13-25-28(20-12-14(2)15-8-5-7-11-19(15)26-20)21(17)27-22(29)16-9-4-6-10-18(16)24/h4-13H,3H2,1-2H3,(H,27,29). The summed E-state index contributed by atoms with van der Waals surface area (Å²) in [6.07, 6.45) is 1.37. The van der Waals surface area contributed by atoms with Crippen molar-refractivity contribution in [2.75, 3.05) is 11.9 Å². The van der Waals surface area contributed by atoms with Crippen molar-refractivity contribution in [3.05, 3.63) is 82.0 Å². The molecule has 1 amide bonds. The van der Waals surface area contributed by atoms with E-state index in [1.54, 1.807) is 25.1 Å². The van der Waals surface area contributed by atoms with Crippen LogP contribution in [-0.4, -0.2) is 33.2 Å². The van der Waals surface area contributed by atoms with Crippen LogP contribution in [0.4, 0.5) is 5.82 Å². The number of pyridine rings is 1. The molecule has 0 saturated carbocycles. The average molecular weight is 479 g/mol. The van der Waals surface area contributed by atoms with Crippen LogP contribution in [0, 0.1) is 6.92 Å². The van der Waals surface area contributed by atoms with E-state index >= 15 is 0 Å². The molecule has 0 radical (unpaired) electrons. The summed E-state index contributed by atoms with van der Waals surface area (Å²) >= 11 is 3.39. The Kier molecular flexibility index (Phi) is 5.81. The van der Waals surface area contributed by atoms with Gasteiger partial charge in [0.25, 0.3) is 5.91 Å². The van der Waals surface area contributed by atoms with E-state index in [1.165, 1.54) is 10.9 Å². The van der Waals surface area contributed by atoms with Crippen molar-refractivity contribution in [1.82, 2.24) is 14.8 Å². The van der Waals surface area contributed by atoms with Crippen LogP contribution in [-0.2, 0) is 4.74 Å². The smallest absolute Gasteiger partial charge is 0.343 e. The van der Waals surface area contributed by atoms with Crippen molar-refractivity contribution >= 4 is 44.5 Å². The quantitative estimate of drug-likeness (QED) is 0.411. The number of carbonyl (C=O) groups is 2. The van der Waals surface area contributed by atoms with Gasteiger partial charge < -0.3 is 10.1 Å². The number of fused-ring (bicyclic) bond motifs is 1. The van der Waals surface area contributed by atoms with Crippen LogP contribution in [0.5, 0.6) is 0 Å². The molecule has 8 heteroatoms. The monoisotopic (exact) mass is 478 g/mol. The molecule has 0 saturated heterocycles. The van der Waals surface area contributed by atoms with E-state index in [0.717, 1.165) is 16.5 Å². The zero-order chi connectivity index (χ0) is 22.0. The molecule has 2 heterocycles. The Balaban J connectivity index is 1.83. The molecular weight excluding hydrogens is 460 g/mol. The molecule has 0 unspecified atom stereocenters. The molecule has 1 N–H and O–H groups in total. The molecule has 2 aromatic heterocycles. The lowest BCUT2D eigenvalue weighted by molar-refractivity contribution is 0.0527. The summed E-state index contributed by atoms with van der Waals surface area (Å²) in [5, 5.41) is 8.16. The lowest BCUT2D eigenvalue weighted by Crippen LogP contribution is -2.19. The maximum atomic E-state index is 13.0. The van der Waals surface area contributed by atoms with Gasteiger partial charge in [0.05, 0.1) is 23.9 Å². The number of benzene rings is 2. The Morgan fingerprint density at radius 2 is 1.84 bits per heavy atom. The summed E-state index contributed by atoms with van der Waals surface area (Å²) in [4.78, 5) is 30.2. The minimum atomic E-state index is -0.575. The van der Waals surface area contributed by atoms with Crippen LogP contribution >= 0.6 is 15.9 Å². The fraction of sp³-hybridized carbons (Fsp3) is 0.130. The number of hydrogen-bond donors (Lipinski definition) is 1. The molecule has 0 atom stereocenters. The number of carbonyl (C=O) groups excluding carboxylic acids is 2. The molecule has 0 spiro atoms. The fourth-order valence-corrected chi connectivity index (χ4v) is 3.73. The van der Waals surface area contributed by atoms with Crippen molar-refractivity contribution in [3.8, 4) is 5.82 Å². The van der Waals surface area contributed by atoms with Crippen LogP contribution in [0.3, 0.4) is 0 Å². The van der Waals surface area contributed by atoms with Gasteiger partial charge in [0.15, 0.2) is 11.6 Å². The van der Waals surface area contributed by atoms with E-state index < -0.39 is 11.9 Å². The first-order valence-electron chi connectivity index (χ1n) is 9.67. The second kappa shape index (κ2) is 8.69. The topological polar surface area (TPSA) is 86.1 Å². The lowest BCUT2D eigenvalue weighted by Gasteiger charge is -2.12. The predicted octanol–water partition coefficient (Wildman–Crippen LogP) is 4.92. The van der Waals surface area contributed by atoms with Gasteiger partial charge >= 0.3 is 5.97 Å². The molecule has 0 aliphatic carbocycles. The number of aromatic nitrogens is 3. The minimum absolute atomic E-state index is 0.148. The van der Waals surface area contributed by atoms with Crippen LogP contribution in [0.15, 0.2) is 65.3 Å². The number of ether oxygens (including phenoxy) is 1. The Labute approximate surface area is 187 Å². The van der Waals surface area contributed by atoms with Crippen molar-refractivity contribution in [2.45, 2.75) is 13.8 Å². The molecule has 4 aromatic rings. The van der Waals surface area contributed by atoms with Gasteiger partial charge in [-0.2, -0.15) is 9.78 Å². The number of nitrogens with one attached hydrogen (secondary N) is 1. The zero-order valence-corrected chi connectivity index (χ0v) is 18.5. The van der Waals surface area contributed by atoms with Crippen molar-refractivity contribution < 1.29 is 14.3 Å². The minimum Gasteiger partial charge on any atom is -0.462 e. The summed E-state index contributed by atoms with van der Waals surface area (Å²) in [6.45, 7) is 3.90. The van der Waals surface area contributed by atoms with E-state index in [0.29, 0.717) is 15.9 Å². The fourth-order valence-electron chi connectivity index (χ4n) is 3.26. The highest BCUT2D eigenvalue weighted by Gasteiger charge is 2.23. The second-order valence-electron chi connectivity index (χ2n) is 6.79. The molecule has 0 fully saturated rings. The SMILES string of the molecule is CCOC(=O)c1cnn(-c2cc(C)c3ccccc3n2)c1NC(=O)c1ccccc1Br. The Morgan fingerprint density at radius 1 is 1.10 bits per heavy atom. The first kappa shape index (κ1) is 20.7. The Morgan fingerprint density at radius 3 is 2.61 bits per heavy atom. The first-order chi connectivity index (χ1) is 15.0. The van der Waals surface area contributed by atoms with Gasteiger partial charge in [-0.3, -0.25) is 4.79 Å².